The number of nitrogens with one attached hydrogen (secondary N) is 1. The quantitative estimate of drug-likeness (QED) is 0.475. The first kappa shape index (κ1) is 18.9. The lowest BCUT2D eigenvalue weighted by Crippen LogP contribution is -2.52. The van der Waals surface area contributed by atoms with Gasteiger partial charge in [-0.05, 0) is 12.8 Å². The monoisotopic (exact) mass is 331 g/mol. The molecule has 1 aliphatic rings. The molecule has 9 heteroatoms. The van der Waals surface area contributed by atoms with E-state index in [-0.39, 0.29) is 0 Å². The van der Waals surface area contributed by atoms with Gasteiger partial charge in [-0.15, -0.1) is 0 Å². The Balaban J connectivity index is 2.93. The minimum absolute atomic E-state index is 0.436. The molecule has 3 atom stereocenters. The Bertz CT molecular complexity index is 458. The molecule has 0 saturated carbocycles. The van der Waals surface area contributed by atoms with E-state index in [1.54, 1.807) is 0 Å². The largest absolute Gasteiger partial charge is 0.469 e. The van der Waals surface area contributed by atoms with E-state index >= 15 is 0 Å². The Morgan fingerprint density at radius 1 is 1.09 bits per heavy atom. The van der Waals surface area contributed by atoms with E-state index in [1.165, 1.54) is 0 Å². The predicted octanol–water partition coefficient (Wildman–Crippen LogP) is -0.824. The maximum absolute atomic E-state index is 12.1. The molecule has 1 saturated heterocycles. The molecule has 1 rings (SSSR count). The normalized spacial score (nSPS) is 19.3. The molecule has 0 aromatic heterocycles. The summed E-state index contributed by atoms with van der Waals surface area (Å²) < 4.78 is 18.9. The van der Waals surface area contributed by atoms with Crippen LogP contribution < -0.4 is 5.32 Å². The van der Waals surface area contributed by atoms with Gasteiger partial charge in [0.2, 0.25) is 5.91 Å². The van der Waals surface area contributed by atoms with Crippen molar-refractivity contribution in [3.63, 3.8) is 0 Å². The van der Waals surface area contributed by atoms with Gasteiger partial charge in [0, 0.05) is 6.61 Å². The van der Waals surface area contributed by atoms with Crippen LogP contribution in [0.1, 0.15) is 19.3 Å². The van der Waals surface area contributed by atoms with E-state index in [9.17, 15) is 19.2 Å². The van der Waals surface area contributed by atoms with Crippen LogP contribution in [0.5, 0.6) is 0 Å². The average molecular weight is 331 g/mol. The Hall–Kier alpha value is -2.16. The third kappa shape index (κ3) is 5.20. The van der Waals surface area contributed by atoms with Crippen molar-refractivity contribution in [3.05, 3.63) is 0 Å². The summed E-state index contributed by atoms with van der Waals surface area (Å²) >= 11 is 0. The van der Waals surface area contributed by atoms with Gasteiger partial charge in [-0.3, -0.25) is 14.4 Å². The van der Waals surface area contributed by atoms with Crippen molar-refractivity contribution in [1.29, 1.82) is 0 Å². The van der Waals surface area contributed by atoms with Gasteiger partial charge in [-0.1, -0.05) is 0 Å². The summed E-state index contributed by atoms with van der Waals surface area (Å²) in [5.74, 6) is -4.23. The zero-order chi connectivity index (χ0) is 17.4. The Morgan fingerprint density at radius 3 is 2.22 bits per heavy atom. The lowest BCUT2D eigenvalue weighted by atomic mass is 9.95. The highest BCUT2D eigenvalue weighted by atomic mass is 16.5. The van der Waals surface area contributed by atoms with Crippen LogP contribution >= 0.6 is 0 Å². The Morgan fingerprint density at radius 2 is 1.74 bits per heavy atom. The number of esters is 3. The maximum Gasteiger partial charge on any atom is 0.329 e. The molecule has 0 aromatic carbocycles. The first-order chi connectivity index (χ1) is 10.9. The van der Waals surface area contributed by atoms with Gasteiger partial charge in [-0.25, -0.2) is 4.79 Å². The molecule has 130 valence electrons. The van der Waals surface area contributed by atoms with Crippen molar-refractivity contribution in [2.45, 2.75) is 31.4 Å². The second-order valence-electron chi connectivity index (χ2n) is 4.92. The van der Waals surface area contributed by atoms with Gasteiger partial charge in [0.15, 0.2) is 0 Å². The summed E-state index contributed by atoms with van der Waals surface area (Å²) in [6.45, 7) is 0.448. The molecule has 0 radical (unpaired) electrons. The highest BCUT2D eigenvalue weighted by molar-refractivity contribution is 5.92. The first-order valence-corrected chi connectivity index (χ1v) is 7.09. The highest BCUT2D eigenvalue weighted by Crippen LogP contribution is 2.17. The van der Waals surface area contributed by atoms with E-state index in [0.29, 0.717) is 13.0 Å². The van der Waals surface area contributed by atoms with E-state index in [2.05, 4.69) is 19.5 Å². The Kier molecular flexibility index (Phi) is 7.46. The summed E-state index contributed by atoms with van der Waals surface area (Å²) in [5, 5.41) is 2.41. The molecule has 1 fully saturated rings. The fourth-order valence-corrected chi connectivity index (χ4v) is 2.23. The van der Waals surface area contributed by atoms with Crippen LogP contribution in [0.2, 0.25) is 0 Å². The summed E-state index contributed by atoms with van der Waals surface area (Å²) in [7, 11) is 3.37. The lowest BCUT2D eigenvalue weighted by molar-refractivity contribution is -0.160. The minimum atomic E-state index is -1.37. The molecular formula is C14H21NO8. The van der Waals surface area contributed by atoms with E-state index in [0.717, 1.165) is 27.8 Å². The molecule has 9 nitrogen and oxygen atoms in total. The summed E-state index contributed by atoms with van der Waals surface area (Å²) in [4.78, 5) is 47.5. The molecule has 0 spiro atoms. The second-order valence-corrected chi connectivity index (χ2v) is 4.92. The number of carbonyl (C=O) groups is 4. The third-order valence-corrected chi connectivity index (χ3v) is 3.50. The van der Waals surface area contributed by atoms with Crippen molar-refractivity contribution < 1.29 is 38.1 Å². The van der Waals surface area contributed by atoms with Crippen LogP contribution in [0, 0.1) is 5.92 Å². The van der Waals surface area contributed by atoms with E-state index in [1.807, 2.05) is 0 Å². The minimum Gasteiger partial charge on any atom is -0.469 e. The molecule has 1 N–H and O–H groups in total. The van der Waals surface area contributed by atoms with Gasteiger partial charge in [0.25, 0.3) is 0 Å². The summed E-state index contributed by atoms with van der Waals surface area (Å²) in [6.07, 6.45) is 0.108. The van der Waals surface area contributed by atoms with Crippen LogP contribution in [0.4, 0.5) is 0 Å². The van der Waals surface area contributed by atoms with E-state index < -0.39 is 48.3 Å². The fourth-order valence-electron chi connectivity index (χ4n) is 2.23. The standard InChI is InChI=1S/C14H21NO8/c1-20-10(16)7-8(13(18)21-2)11(14(19)22-3)15-12(17)9-5-4-6-23-9/h8-9,11H,4-7H2,1-3H3,(H,15,17)/t8-,9-,11+/m1/s1. The number of carbonyl (C=O) groups excluding carboxylic acids is 4. The molecule has 0 aromatic rings. The first-order valence-electron chi connectivity index (χ1n) is 7.09. The predicted molar refractivity (Wildman–Crippen MR) is 75.1 cm³/mol. The SMILES string of the molecule is COC(=O)C[C@@H](C(=O)OC)[C@H](NC(=O)[C@H]1CCCO1)C(=O)OC. The molecule has 0 bridgehead atoms. The molecule has 1 heterocycles. The lowest BCUT2D eigenvalue weighted by Gasteiger charge is -2.24. The summed E-state index contributed by atoms with van der Waals surface area (Å²) in [5.41, 5.74) is 0. The number of hydrogen-bond acceptors (Lipinski definition) is 8. The third-order valence-electron chi connectivity index (χ3n) is 3.50. The van der Waals surface area contributed by atoms with Crippen LogP contribution in [0.15, 0.2) is 0 Å². The number of rotatable bonds is 7. The molecule has 1 amide bonds. The van der Waals surface area contributed by atoms with Crippen molar-refractivity contribution in [2.75, 3.05) is 27.9 Å². The molecule has 23 heavy (non-hydrogen) atoms. The highest BCUT2D eigenvalue weighted by Gasteiger charge is 2.40. The van der Waals surface area contributed by atoms with Crippen molar-refractivity contribution >= 4 is 23.8 Å². The average Bonchev–Trinajstić information content (AvgIpc) is 3.10. The number of methoxy groups -OCH3 is 3. The fraction of sp³-hybridized carbons (Fsp3) is 0.714. The maximum atomic E-state index is 12.1. The van der Waals surface area contributed by atoms with Crippen molar-refractivity contribution in [1.82, 2.24) is 5.32 Å². The molecule has 1 aliphatic heterocycles. The van der Waals surface area contributed by atoms with Crippen molar-refractivity contribution in [3.8, 4) is 0 Å². The van der Waals surface area contributed by atoms with Gasteiger partial charge in [0.05, 0.1) is 33.7 Å². The smallest absolute Gasteiger partial charge is 0.329 e. The van der Waals surface area contributed by atoms with E-state index in [4.69, 9.17) is 4.74 Å². The van der Waals surface area contributed by atoms with Gasteiger partial charge in [-0.2, -0.15) is 0 Å². The van der Waals surface area contributed by atoms with Gasteiger partial charge in [0.1, 0.15) is 12.1 Å². The summed E-state index contributed by atoms with van der Waals surface area (Å²) in [6, 6.07) is -1.37. The molecule has 0 unspecified atom stereocenters. The number of ether oxygens (including phenoxy) is 4. The van der Waals surface area contributed by atoms with Crippen LogP contribution in [-0.2, 0) is 38.1 Å². The van der Waals surface area contributed by atoms with Crippen LogP contribution in [0.25, 0.3) is 0 Å². The topological polar surface area (TPSA) is 117 Å². The zero-order valence-corrected chi connectivity index (χ0v) is 13.3. The Labute approximate surface area is 133 Å². The van der Waals surface area contributed by atoms with Crippen LogP contribution in [0.3, 0.4) is 0 Å². The van der Waals surface area contributed by atoms with Crippen molar-refractivity contribution in [2.24, 2.45) is 5.92 Å². The molecular weight excluding hydrogens is 310 g/mol. The van der Waals surface area contributed by atoms with Gasteiger partial charge >= 0.3 is 17.9 Å². The second kappa shape index (κ2) is 9.09. The van der Waals surface area contributed by atoms with Crippen LogP contribution in [-0.4, -0.2) is 63.9 Å². The number of hydrogen-bond donors (Lipinski definition) is 1. The van der Waals surface area contributed by atoms with Gasteiger partial charge < -0.3 is 24.3 Å². The number of amides is 1. The zero-order valence-electron chi connectivity index (χ0n) is 13.3. The molecule has 0 aliphatic carbocycles.